The molecule has 4 aromatic heterocycles. The summed E-state index contributed by atoms with van der Waals surface area (Å²) in [4.78, 5) is 20.6. The first kappa shape index (κ1) is 33.4. The molecule has 59 heavy (non-hydrogen) atoms. The van der Waals surface area contributed by atoms with E-state index in [1.807, 2.05) is 84.9 Å². The molecule has 0 fully saturated rings. The molecule has 276 valence electrons. The zero-order chi connectivity index (χ0) is 38.9. The molecule has 6 nitrogen and oxygen atoms in total. The van der Waals surface area contributed by atoms with E-state index < -0.39 is 0 Å². The van der Waals surface area contributed by atoms with Crippen LogP contribution in [0.15, 0.2) is 190 Å². The average molecular weight is 775 g/mol. The fourth-order valence-electron chi connectivity index (χ4n) is 8.14. The minimum Gasteiger partial charge on any atom is -0.455 e. The van der Waals surface area contributed by atoms with Gasteiger partial charge in [-0.2, -0.15) is 0 Å². The summed E-state index contributed by atoms with van der Waals surface area (Å²) in [5, 5.41) is 5.51. The third-order valence-corrected chi connectivity index (χ3v) is 12.1. The number of para-hydroxylation sites is 2. The summed E-state index contributed by atoms with van der Waals surface area (Å²) in [6.45, 7) is 0. The predicted molar refractivity (Wildman–Crippen MR) is 242 cm³/mol. The number of aliphatic imine (C=N–C) groups is 1. The number of hydrogen-bond acceptors (Lipinski definition) is 7. The van der Waals surface area contributed by atoms with Gasteiger partial charge in [-0.05, 0) is 42.5 Å². The van der Waals surface area contributed by atoms with Gasteiger partial charge in [0.25, 0.3) is 0 Å². The van der Waals surface area contributed by atoms with Gasteiger partial charge < -0.3 is 8.83 Å². The molecule has 0 amide bonds. The van der Waals surface area contributed by atoms with Crippen molar-refractivity contribution in [3.63, 3.8) is 0 Å². The average Bonchev–Trinajstić information content (AvgIpc) is 3.97. The number of benzene rings is 7. The van der Waals surface area contributed by atoms with Crippen molar-refractivity contribution in [1.82, 2.24) is 15.0 Å². The molecule has 1 aliphatic rings. The monoisotopic (exact) mass is 774 g/mol. The van der Waals surface area contributed by atoms with Gasteiger partial charge in [-0.1, -0.05) is 140 Å². The minimum absolute atomic E-state index is 0.543. The maximum Gasteiger partial charge on any atom is 0.167 e. The summed E-state index contributed by atoms with van der Waals surface area (Å²) in [6.07, 6.45) is 6.21. The summed E-state index contributed by atoms with van der Waals surface area (Å²) in [7, 11) is 0. The van der Waals surface area contributed by atoms with E-state index in [0.29, 0.717) is 23.1 Å². The van der Waals surface area contributed by atoms with Crippen molar-refractivity contribution >= 4 is 81.9 Å². The second kappa shape index (κ2) is 13.4. The van der Waals surface area contributed by atoms with Crippen LogP contribution in [0.3, 0.4) is 0 Å². The molecule has 12 rings (SSSR count). The van der Waals surface area contributed by atoms with E-state index in [-0.39, 0.29) is 0 Å². The lowest BCUT2D eigenvalue weighted by Gasteiger charge is -2.10. The van der Waals surface area contributed by atoms with Crippen molar-refractivity contribution in [2.24, 2.45) is 4.99 Å². The van der Waals surface area contributed by atoms with Gasteiger partial charge in [0.15, 0.2) is 23.2 Å². The number of nitrogens with zero attached hydrogens (tertiary/aromatic N) is 4. The topological polar surface area (TPSA) is 77.3 Å². The van der Waals surface area contributed by atoms with Gasteiger partial charge in [0.05, 0.1) is 11.3 Å². The fraction of sp³-hybridized carbons (Fsp3) is 0. The Morgan fingerprint density at radius 1 is 0.441 bits per heavy atom. The largest absolute Gasteiger partial charge is 0.455 e. The first-order valence-corrected chi connectivity index (χ1v) is 20.3. The predicted octanol–water partition coefficient (Wildman–Crippen LogP) is 13.8. The van der Waals surface area contributed by atoms with E-state index in [1.54, 1.807) is 11.3 Å². The van der Waals surface area contributed by atoms with Crippen molar-refractivity contribution in [1.29, 1.82) is 0 Å². The summed E-state index contributed by atoms with van der Waals surface area (Å²) >= 11 is 1.78. The molecule has 0 saturated heterocycles. The molecule has 0 saturated carbocycles. The van der Waals surface area contributed by atoms with E-state index in [1.165, 1.54) is 20.2 Å². The number of hydrogen-bond donors (Lipinski definition) is 0. The number of aromatic nitrogens is 3. The SMILES string of the molecule is C1=C/c2c(oc3ccccc23)/C(c2ccccc2)=N/C(c2ccc3c(c2)oc2c(-c4nc(-c5ccccc5)nc(-c5ccc6c(c5)sc5ccccc56)n4)cccc23)=C/1. The normalized spacial score (nSPS) is 15.2. The van der Waals surface area contributed by atoms with Gasteiger partial charge in [0, 0.05) is 64.1 Å². The van der Waals surface area contributed by atoms with E-state index in [4.69, 9.17) is 28.8 Å². The van der Waals surface area contributed by atoms with Gasteiger partial charge in [-0.25, -0.2) is 19.9 Å². The van der Waals surface area contributed by atoms with Crippen LogP contribution in [-0.2, 0) is 0 Å². The molecular weight excluding hydrogens is 745 g/mol. The van der Waals surface area contributed by atoms with Crippen LogP contribution >= 0.6 is 11.3 Å². The number of fused-ring (bicyclic) bond motifs is 9. The van der Waals surface area contributed by atoms with Crippen LogP contribution in [0.5, 0.6) is 0 Å². The van der Waals surface area contributed by atoms with E-state index in [0.717, 1.165) is 77.9 Å². The van der Waals surface area contributed by atoms with E-state index >= 15 is 0 Å². The second-order valence-electron chi connectivity index (χ2n) is 14.6. The standard InChI is InChI=1S/C52H30N4O2S/c1-3-13-31(14-4-1)47-49-40(35-17-7-9-23-43(35)57-49)20-12-22-42(53-47)33-25-27-36-39-19-11-21-41(48(39)58-44(36)29-33)52-55-50(32-15-5-2-6-16-32)54-51(56-52)34-26-28-38-37-18-8-10-24-45(37)59-46(38)30-34/h1-30H/b20-12+,22-12?,40-20?,42-22+,49-47?,53-42?,53-47+. The zero-order valence-electron chi connectivity index (χ0n) is 31.3. The summed E-state index contributed by atoms with van der Waals surface area (Å²) in [6, 6.07) is 55.8. The first-order valence-electron chi connectivity index (χ1n) is 19.5. The summed E-state index contributed by atoms with van der Waals surface area (Å²) in [5.41, 5.74) is 9.37. The molecule has 0 unspecified atom stereocenters. The highest BCUT2D eigenvalue weighted by Crippen LogP contribution is 2.40. The first-order chi connectivity index (χ1) is 29.2. The Kier molecular flexibility index (Phi) is 7.61. The molecule has 0 bridgehead atoms. The Morgan fingerprint density at radius 2 is 1.12 bits per heavy atom. The molecule has 0 radical (unpaired) electrons. The van der Waals surface area contributed by atoms with Crippen LogP contribution in [0.4, 0.5) is 0 Å². The minimum atomic E-state index is 0.543. The molecule has 1 aliphatic heterocycles. The van der Waals surface area contributed by atoms with E-state index in [2.05, 4.69) is 97.1 Å². The number of furan rings is 2. The van der Waals surface area contributed by atoms with Gasteiger partial charge >= 0.3 is 0 Å². The Balaban J connectivity index is 0.997. The summed E-state index contributed by atoms with van der Waals surface area (Å²) in [5.74, 6) is 2.49. The Bertz CT molecular complexity index is 3560. The van der Waals surface area contributed by atoms with Crippen molar-refractivity contribution in [2.75, 3.05) is 0 Å². The highest BCUT2D eigenvalue weighted by molar-refractivity contribution is 7.25. The van der Waals surface area contributed by atoms with Gasteiger partial charge in [0.2, 0.25) is 0 Å². The van der Waals surface area contributed by atoms with Crippen LogP contribution in [0, 0.1) is 0 Å². The zero-order valence-corrected chi connectivity index (χ0v) is 32.2. The Morgan fingerprint density at radius 3 is 1.98 bits per heavy atom. The van der Waals surface area contributed by atoms with Crippen molar-refractivity contribution in [3.05, 3.63) is 198 Å². The van der Waals surface area contributed by atoms with Crippen LogP contribution in [0.2, 0.25) is 0 Å². The third kappa shape index (κ3) is 5.62. The van der Waals surface area contributed by atoms with Crippen molar-refractivity contribution in [3.8, 4) is 34.2 Å². The Labute approximate surface area is 341 Å². The molecule has 0 spiro atoms. The molecule has 7 aromatic carbocycles. The summed E-state index contributed by atoms with van der Waals surface area (Å²) < 4.78 is 15.8. The lowest BCUT2D eigenvalue weighted by molar-refractivity contribution is 0.604. The van der Waals surface area contributed by atoms with Crippen LogP contribution < -0.4 is 0 Å². The third-order valence-electron chi connectivity index (χ3n) is 11.0. The molecule has 5 heterocycles. The maximum absolute atomic E-state index is 6.80. The van der Waals surface area contributed by atoms with Crippen molar-refractivity contribution in [2.45, 2.75) is 0 Å². The maximum atomic E-state index is 6.80. The molecular formula is C52H30N4O2S. The highest BCUT2D eigenvalue weighted by Gasteiger charge is 2.22. The van der Waals surface area contributed by atoms with Crippen LogP contribution in [-0.4, -0.2) is 20.7 Å². The Hall–Kier alpha value is -7.74. The number of allylic oxidation sites excluding steroid dienone is 2. The smallest absolute Gasteiger partial charge is 0.167 e. The van der Waals surface area contributed by atoms with Crippen LogP contribution in [0.25, 0.3) is 99.0 Å². The van der Waals surface area contributed by atoms with E-state index in [9.17, 15) is 0 Å². The van der Waals surface area contributed by atoms with Crippen molar-refractivity contribution < 1.29 is 8.83 Å². The number of rotatable bonds is 5. The molecule has 0 atom stereocenters. The molecule has 11 aromatic rings. The molecule has 0 N–H and O–H groups in total. The lowest BCUT2D eigenvalue weighted by atomic mass is 10.00. The second-order valence-corrected chi connectivity index (χ2v) is 15.6. The molecule has 0 aliphatic carbocycles. The van der Waals surface area contributed by atoms with Crippen LogP contribution in [0.1, 0.15) is 22.5 Å². The van der Waals surface area contributed by atoms with Gasteiger partial charge in [-0.15, -0.1) is 11.3 Å². The van der Waals surface area contributed by atoms with Gasteiger partial charge in [-0.3, -0.25) is 0 Å². The quantitative estimate of drug-likeness (QED) is 0.174. The fourth-order valence-corrected chi connectivity index (χ4v) is 9.29. The van der Waals surface area contributed by atoms with Gasteiger partial charge in [0.1, 0.15) is 22.5 Å². The molecule has 7 heteroatoms. The lowest BCUT2D eigenvalue weighted by Crippen LogP contribution is -2.05. The number of thiophene rings is 1. The highest BCUT2D eigenvalue weighted by atomic mass is 32.1.